The van der Waals surface area contributed by atoms with Crippen LogP contribution < -0.4 is 0 Å². The molecule has 0 bridgehead atoms. The van der Waals surface area contributed by atoms with Crippen LogP contribution in [0, 0.1) is 17.8 Å². The minimum Gasteiger partial charge on any atom is -0.376 e. The van der Waals surface area contributed by atoms with E-state index in [1.807, 2.05) is 17.0 Å². The number of pyridine rings is 1. The third kappa shape index (κ3) is 2.88. The molecule has 0 aromatic carbocycles. The molecule has 2 saturated heterocycles. The average Bonchev–Trinajstić information content (AvgIpc) is 3.10. The molecule has 3 aliphatic rings. The maximum Gasteiger partial charge on any atom is 0.226 e. The molecule has 5 nitrogen and oxygen atoms in total. The molecule has 23 heavy (non-hydrogen) atoms. The van der Waals surface area contributed by atoms with Crippen LogP contribution in [0.2, 0.25) is 0 Å². The van der Waals surface area contributed by atoms with Crippen molar-refractivity contribution in [3.8, 4) is 0 Å². The first-order valence-electron chi connectivity index (χ1n) is 8.57. The van der Waals surface area contributed by atoms with Gasteiger partial charge in [-0.3, -0.25) is 9.78 Å². The van der Waals surface area contributed by atoms with E-state index in [4.69, 9.17) is 9.47 Å². The Balaban J connectivity index is 1.27. The van der Waals surface area contributed by atoms with Gasteiger partial charge in [0.05, 0.1) is 26.3 Å². The summed E-state index contributed by atoms with van der Waals surface area (Å²) in [6.45, 7) is 5.74. The zero-order valence-electron chi connectivity index (χ0n) is 13.6. The number of amides is 1. The summed E-state index contributed by atoms with van der Waals surface area (Å²) in [6.07, 6.45) is 5.65. The molecule has 5 heteroatoms. The molecule has 1 aromatic rings. The van der Waals surface area contributed by atoms with Gasteiger partial charge in [0, 0.05) is 30.8 Å². The van der Waals surface area contributed by atoms with Crippen LogP contribution in [0.25, 0.3) is 0 Å². The fourth-order valence-electron chi connectivity index (χ4n) is 3.82. The van der Waals surface area contributed by atoms with Crippen molar-refractivity contribution in [1.82, 2.24) is 9.88 Å². The summed E-state index contributed by atoms with van der Waals surface area (Å²) >= 11 is 0. The zero-order chi connectivity index (χ0) is 15.9. The highest BCUT2D eigenvalue weighted by atomic mass is 16.5. The van der Waals surface area contributed by atoms with Crippen LogP contribution in [0.5, 0.6) is 0 Å². The second kappa shape index (κ2) is 5.87. The van der Waals surface area contributed by atoms with Crippen LogP contribution in [-0.4, -0.2) is 47.7 Å². The topological polar surface area (TPSA) is 51.7 Å². The second-order valence-electron chi connectivity index (χ2n) is 7.28. The summed E-state index contributed by atoms with van der Waals surface area (Å²) in [5, 5.41) is 0. The lowest BCUT2D eigenvalue weighted by Crippen LogP contribution is -2.67. The van der Waals surface area contributed by atoms with Crippen LogP contribution in [0.1, 0.15) is 25.3 Å². The van der Waals surface area contributed by atoms with Crippen LogP contribution in [0.4, 0.5) is 0 Å². The monoisotopic (exact) mass is 316 g/mol. The van der Waals surface area contributed by atoms with Crippen LogP contribution in [0.3, 0.4) is 0 Å². The van der Waals surface area contributed by atoms with E-state index in [9.17, 15) is 4.79 Å². The van der Waals surface area contributed by atoms with E-state index in [0.717, 1.165) is 38.1 Å². The van der Waals surface area contributed by atoms with E-state index in [0.29, 0.717) is 31.0 Å². The first kappa shape index (κ1) is 15.1. The van der Waals surface area contributed by atoms with Gasteiger partial charge in [0.1, 0.15) is 5.60 Å². The summed E-state index contributed by atoms with van der Waals surface area (Å²) in [7, 11) is 0. The van der Waals surface area contributed by atoms with Crippen molar-refractivity contribution in [3.63, 3.8) is 0 Å². The molecular weight excluding hydrogens is 292 g/mol. The van der Waals surface area contributed by atoms with Gasteiger partial charge < -0.3 is 14.4 Å². The third-order valence-electron chi connectivity index (χ3n) is 5.59. The molecule has 124 valence electrons. The van der Waals surface area contributed by atoms with Gasteiger partial charge in [0.2, 0.25) is 5.91 Å². The Bertz CT molecular complexity index is 571. The Morgan fingerprint density at radius 3 is 2.87 bits per heavy atom. The standard InChI is InChI=1S/C18H24N2O3/c1-13-8-16(13)17(21)20-11-18(12-20)15(4-7-23-18)10-22-9-14-2-5-19-6-3-14/h2-3,5-6,13,15-16H,4,7-12H2,1H3/t13-,15-,16+/m1/s1. The first-order valence-corrected chi connectivity index (χ1v) is 8.57. The highest BCUT2D eigenvalue weighted by Gasteiger charge is 2.56. The summed E-state index contributed by atoms with van der Waals surface area (Å²) in [4.78, 5) is 18.3. The number of hydrogen-bond donors (Lipinski definition) is 0. The maximum absolute atomic E-state index is 12.3. The van der Waals surface area contributed by atoms with E-state index < -0.39 is 0 Å². The van der Waals surface area contributed by atoms with Gasteiger partial charge >= 0.3 is 0 Å². The third-order valence-corrected chi connectivity index (χ3v) is 5.59. The molecule has 4 rings (SSSR count). The highest BCUT2D eigenvalue weighted by Crippen LogP contribution is 2.45. The van der Waals surface area contributed by atoms with Crippen molar-refractivity contribution >= 4 is 5.91 Å². The number of nitrogens with zero attached hydrogens (tertiary/aromatic N) is 2. The quantitative estimate of drug-likeness (QED) is 0.832. The molecular formula is C18H24N2O3. The van der Waals surface area contributed by atoms with Crippen molar-refractivity contribution in [3.05, 3.63) is 30.1 Å². The fraction of sp³-hybridized carbons (Fsp3) is 0.667. The minimum atomic E-state index is -0.147. The van der Waals surface area contributed by atoms with Crippen molar-refractivity contribution in [2.75, 3.05) is 26.3 Å². The molecule has 1 aliphatic carbocycles. The molecule has 1 aromatic heterocycles. The molecule has 1 spiro atoms. The van der Waals surface area contributed by atoms with Gasteiger partial charge in [-0.05, 0) is 36.5 Å². The number of carbonyl (C=O) groups excluding carboxylic acids is 1. The van der Waals surface area contributed by atoms with Crippen LogP contribution in [-0.2, 0) is 20.9 Å². The SMILES string of the molecule is C[C@@H]1C[C@@H]1C(=O)N1CC2(C1)OCC[C@@H]2COCc1ccncc1. The molecule has 0 radical (unpaired) electrons. The molecule has 3 fully saturated rings. The van der Waals surface area contributed by atoms with Crippen LogP contribution in [0.15, 0.2) is 24.5 Å². The predicted molar refractivity (Wildman–Crippen MR) is 84.5 cm³/mol. The molecule has 3 heterocycles. The van der Waals surface area contributed by atoms with Gasteiger partial charge in [-0.25, -0.2) is 0 Å². The van der Waals surface area contributed by atoms with Crippen LogP contribution >= 0.6 is 0 Å². The number of hydrogen-bond acceptors (Lipinski definition) is 4. The Labute approximate surface area is 137 Å². The van der Waals surface area contributed by atoms with Crippen molar-refractivity contribution in [2.45, 2.75) is 32.0 Å². The van der Waals surface area contributed by atoms with Gasteiger partial charge in [-0.1, -0.05) is 6.92 Å². The van der Waals surface area contributed by atoms with Gasteiger partial charge in [-0.2, -0.15) is 0 Å². The molecule has 1 saturated carbocycles. The smallest absolute Gasteiger partial charge is 0.226 e. The highest BCUT2D eigenvalue weighted by molar-refractivity contribution is 5.82. The average molecular weight is 316 g/mol. The Morgan fingerprint density at radius 2 is 2.17 bits per heavy atom. The second-order valence-corrected chi connectivity index (χ2v) is 7.28. The van der Waals surface area contributed by atoms with E-state index in [1.165, 1.54) is 0 Å². The number of rotatable bonds is 5. The number of likely N-dealkylation sites (tertiary alicyclic amines) is 1. The maximum atomic E-state index is 12.3. The molecule has 2 aliphatic heterocycles. The molecule has 0 unspecified atom stereocenters. The van der Waals surface area contributed by atoms with E-state index >= 15 is 0 Å². The minimum absolute atomic E-state index is 0.147. The lowest BCUT2D eigenvalue weighted by molar-refractivity contribution is -0.170. The molecule has 1 amide bonds. The summed E-state index contributed by atoms with van der Waals surface area (Å²) in [5.74, 6) is 1.57. The summed E-state index contributed by atoms with van der Waals surface area (Å²) in [5.41, 5.74) is 0.993. The number of aromatic nitrogens is 1. The molecule has 0 N–H and O–H groups in total. The van der Waals surface area contributed by atoms with E-state index in [1.54, 1.807) is 12.4 Å². The number of ether oxygens (including phenoxy) is 2. The Kier molecular flexibility index (Phi) is 3.85. The van der Waals surface area contributed by atoms with Gasteiger partial charge in [0.15, 0.2) is 0 Å². The summed E-state index contributed by atoms with van der Waals surface area (Å²) in [6, 6.07) is 3.95. The Morgan fingerprint density at radius 1 is 1.43 bits per heavy atom. The van der Waals surface area contributed by atoms with Gasteiger partial charge in [-0.15, -0.1) is 0 Å². The van der Waals surface area contributed by atoms with Gasteiger partial charge in [0.25, 0.3) is 0 Å². The first-order chi connectivity index (χ1) is 11.2. The fourth-order valence-corrected chi connectivity index (χ4v) is 3.82. The van der Waals surface area contributed by atoms with Crippen molar-refractivity contribution in [1.29, 1.82) is 0 Å². The van der Waals surface area contributed by atoms with E-state index in [2.05, 4.69) is 11.9 Å². The van der Waals surface area contributed by atoms with Crippen molar-refractivity contribution in [2.24, 2.45) is 17.8 Å². The van der Waals surface area contributed by atoms with Crippen molar-refractivity contribution < 1.29 is 14.3 Å². The number of carbonyl (C=O) groups is 1. The molecule has 3 atom stereocenters. The largest absolute Gasteiger partial charge is 0.376 e. The lowest BCUT2D eigenvalue weighted by atomic mass is 9.81. The zero-order valence-corrected chi connectivity index (χ0v) is 13.6. The normalized spacial score (nSPS) is 31.2. The van der Waals surface area contributed by atoms with E-state index in [-0.39, 0.29) is 11.5 Å². The predicted octanol–water partition coefficient (Wildman–Crippen LogP) is 1.87. The lowest BCUT2D eigenvalue weighted by Gasteiger charge is -2.50. The Hall–Kier alpha value is -1.46. The summed E-state index contributed by atoms with van der Waals surface area (Å²) < 4.78 is 11.9.